The largest absolute Gasteiger partial charge is 0.355 e. The Morgan fingerprint density at radius 3 is 2.20 bits per heavy atom. The van der Waals surface area contributed by atoms with Gasteiger partial charge in [-0.05, 0) is 38.8 Å². The maximum absolute atomic E-state index is 12.1. The normalized spacial score (nSPS) is 19.8. The van der Waals surface area contributed by atoms with Crippen molar-refractivity contribution in [1.82, 2.24) is 20.9 Å². The van der Waals surface area contributed by atoms with Crippen LogP contribution in [0.4, 0.5) is 0 Å². The lowest BCUT2D eigenvalue weighted by molar-refractivity contribution is -0.125. The first-order valence-electron chi connectivity index (χ1n) is 9.74. The summed E-state index contributed by atoms with van der Waals surface area (Å²) in [4.78, 5) is 18.8. The molecule has 0 spiro atoms. The van der Waals surface area contributed by atoms with Crippen LogP contribution < -0.4 is 16.0 Å². The van der Waals surface area contributed by atoms with Crippen LogP contribution in [-0.4, -0.2) is 63.1 Å². The van der Waals surface area contributed by atoms with Crippen LogP contribution in [0, 0.1) is 5.92 Å². The molecular formula is C18H36IN5O. The molecule has 0 aromatic carbocycles. The number of likely N-dealkylation sites (tertiary alicyclic amines) is 1. The van der Waals surface area contributed by atoms with Gasteiger partial charge in [0.25, 0.3) is 0 Å². The molecule has 1 saturated carbocycles. The maximum Gasteiger partial charge on any atom is 0.223 e. The summed E-state index contributed by atoms with van der Waals surface area (Å²) >= 11 is 0. The molecule has 2 rings (SSSR count). The van der Waals surface area contributed by atoms with Crippen LogP contribution >= 0.6 is 24.0 Å². The summed E-state index contributed by atoms with van der Waals surface area (Å²) < 4.78 is 0. The van der Waals surface area contributed by atoms with E-state index in [1.165, 1.54) is 51.6 Å². The summed E-state index contributed by atoms with van der Waals surface area (Å²) in [6, 6.07) is 0. The Kier molecular flexibility index (Phi) is 12.2. The predicted octanol–water partition coefficient (Wildman–Crippen LogP) is 1.95. The smallest absolute Gasteiger partial charge is 0.223 e. The number of halogens is 1. The second kappa shape index (κ2) is 13.6. The molecule has 0 radical (unpaired) electrons. The van der Waals surface area contributed by atoms with Gasteiger partial charge in [0.15, 0.2) is 5.96 Å². The number of rotatable bonds is 7. The summed E-state index contributed by atoms with van der Waals surface area (Å²) in [6.07, 6.45) is 9.82. The third-order valence-electron chi connectivity index (χ3n) is 5.09. The van der Waals surface area contributed by atoms with Crippen LogP contribution in [0.3, 0.4) is 0 Å². The molecule has 146 valence electrons. The molecular weight excluding hydrogens is 429 g/mol. The van der Waals surface area contributed by atoms with Crippen LogP contribution in [0.15, 0.2) is 4.99 Å². The van der Waals surface area contributed by atoms with E-state index in [2.05, 4.69) is 25.8 Å². The minimum absolute atomic E-state index is 0. The van der Waals surface area contributed by atoms with Crippen molar-refractivity contribution in [2.24, 2.45) is 10.9 Å². The minimum atomic E-state index is 0. The van der Waals surface area contributed by atoms with E-state index in [1.54, 1.807) is 7.05 Å². The Balaban J connectivity index is 0.00000312. The molecule has 0 unspecified atom stereocenters. The van der Waals surface area contributed by atoms with Crippen molar-refractivity contribution in [3.05, 3.63) is 0 Å². The van der Waals surface area contributed by atoms with Gasteiger partial charge in [0.05, 0.1) is 0 Å². The molecule has 0 atom stereocenters. The van der Waals surface area contributed by atoms with E-state index in [4.69, 9.17) is 0 Å². The standard InChI is InChI=1S/C18H35N5O.HI/c1-19-18(22-12-15-23-13-6-3-7-14-23)21-11-10-20-17(24)16-8-4-2-5-9-16;/h16H,2-15H2,1H3,(H,20,24)(H2,19,21,22);1H. The number of nitrogens with zero attached hydrogens (tertiary/aromatic N) is 2. The number of piperidine rings is 1. The van der Waals surface area contributed by atoms with Gasteiger partial charge in [-0.15, -0.1) is 24.0 Å². The van der Waals surface area contributed by atoms with Crippen molar-refractivity contribution >= 4 is 35.8 Å². The van der Waals surface area contributed by atoms with E-state index in [1.807, 2.05) is 0 Å². The Morgan fingerprint density at radius 1 is 0.920 bits per heavy atom. The fraction of sp³-hybridized carbons (Fsp3) is 0.889. The number of hydrogen-bond donors (Lipinski definition) is 3. The first kappa shape index (κ1) is 22.5. The van der Waals surface area contributed by atoms with Crippen molar-refractivity contribution in [2.45, 2.75) is 51.4 Å². The van der Waals surface area contributed by atoms with E-state index < -0.39 is 0 Å². The third kappa shape index (κ3) is 9.08. The first-order valence-corrected chi connectivity index (χ1v) is 9.74. The Bertz CT molecular complexity index is 393. The molecule has 0 aromatic heterocycles. The molecule has 1 aliphatic carbocycles. The number of carbonyl (C=O) groups excluding carboxylic acids is 1. The third-order valence-corrected chi connectivity index (χ3v) is 5.09. The fourth-order valence-electron chi connectivity index (χ4n) is 3.61. The average molecular weight is 465 g/mol. The van der Waals surface area contributed by atoms with Gasteiger partial charge in [0, 0.05) is 39.1 Å². The number of nitrogens with one attached hydrogen (secondary N) is 3. The summed E-state index contributed by atoms with van der Waals surface area (Å²) in [7, 11) is 1.79. The number of amides is 1. The Morgan fingerprint density at radius 2 is 1.52 bits per heavy atom. The molecule has 3 N–H and O–H groups in total. The van der Waals surface area contributed by atoms with Crippen LogP contribution in [0.2, 0.25) is 0 Å². The van der Waals surface area contributed by atoms with Gasteiger partial charge in [-0.3, -0.25) is 9.79 Å². The van der Waals surface area contributed by atoms with E-state index in [0.717, 1.165) is 31.9 Å². The zero-order valence-electron chi connectivity index (χ0n) is 15.7. The van der Waals surface area contributed by atoms with Crippen molar-refractivity contribution in [1.29, 1.82) is 0 Å². The van der Waals surface area contributed by atoms with Crippen LogP contribution in [0.5, 0.6) is 0 Å². The topological polar surface area (TPSA) is 68.8 Å². The lowest BCUT2D eigenvalue weighted by Gasteiger charge is -2.26. The lowest BCUT2D eigenvalue weighted by Crippen LogP contribution is -2.45. The number of hydrogen-bond acceptors (Lipinski definition) is 3. The van der Waals surface area contributed by atoms with Gasteiger partial charge in [-0.2, -0.15) is 0 Å². The lowest BCUT2D eigenvalue weighted by atomic mass is 9.89. The maximum atomic E-state index is 12.1. The minimum Gasteiger partial charge on any atom is -0.355 e. The summed E-state index contributed by atoms with van der Waals surface area (Å²) in [5.74, 6) is 1.28. The highest BCUT2D eigenvalue weighted by Gasteiger charge is 2.20. The molecule has 7 heteroatoms. The van der Waals surface area contributed by atoms with E-state index in [0.29, 0.717) is 13.1 Å². The van der Waals surface area contributed by atoms with Crippen molar-refractivity contribution < 1.29 is 4.79 Å². The number of guanidine groups is 1. The molecule has 1 saturated heterocycles. The Labute approximate surface area is 170 Å². The summed E-state index contributed by atoms with van der Waals surface area (Å²) in [5, 5.41) is 9.67. The molecule has 2 aliphatic rings. The highest BCUT2D eigenvalue weighted by atomic mass is 127. The van der Waals surface area contributed by atoms with Gasteiger partial charge >= 0.3 is 0 Å². The van der Waals surface area contributed by atoms with Gasteiger partial charge in [-0.1, -0.05) is 25.7 Å². The first-order chi connectivity index (χ1) is 11.8. The van der Waals surface area contributed by atoms with Gasteiger partial charge in [-0.25, -0.2) is 0 Å². The molecule has 0 aromatic rings. The van der Waals surface area contributed by atoms with E-state index in [-0.39, 0.29) is 35.8 Å². The molecule has 0 bridgehead atoms. The zero-order chi connectivity index (χ0) is 17.0. The SMILES string of the molecule is CN=C(NCCNC(=O)C1CCCCC1)NCCN1CCCCC1.I. The van der Waals surface area contributed by atoms with Crippen LogP contribution in [0.1, 0.15) is 51.4 Å². The van der Waals surface area contributed by atoms with Crippen LogP contribution in [-0.2, 0) is 4.79 Å². The van der Waals surface area contributed by atoms with Gasteiger partial charge < -0.3 is 20.9 Å². The van der Waals surface area contributed by atoms with E-state index in [9.17, 15) is 4.79 Å². The van der Waals surface area contributed by atoms with Crippen molar-refractivity contribution in [3.8, 4) is 0 Å². The quantitative estimate of drug-likeness (QED) is 0.233. The zero-order valence-corrected chi connectivity index (χ0v) is 18.0. The van der Waals surface area contributed by atoms with Gasteiger partial charge in [0.2, 0.25) is 5.91 Å². The highest BCUT2D eigenvalue weighted by molar-refractivity contribution is 14.0. The monoisotopic (exact) mass is 465 g/mol. The molecule has 25 heavy (non-hydrogen) atoms. The number of aliphatic imine (C=N–C) groups is 1. The predicted molar refractivity (Wildman–Crippen MR) is 115 cm³/mol. The second-order valence-electron chi connectivity index (χ2n) is 6.95. The van der Waals surface area contributed by atoms with Crippen molar-refractivity contribution in [2.75, 3.05) is 46.3 Å². The van der Waals surface area contributed by atoms with E-state index >= 15 is 0 Å². The molecule has 1 amide bonds. The summed E-state index contributed by atoms with van der Waals surface area (Å²) in [5.41, 5.74) is 0. The fourth-order valence-corrected chi connectivity index (χ4v) is 3.61. The van der Waals surface area contributed by atoms with Crippen molar-refractivity contribution in [3.63, 3.8) is 0 Å². The second-order valence-corrected chi connectivity index (χ2v) is 6.95. The molecule has 1 aliphatic heterocycles. The average Bonchev–Trinajstić information content (AvgIpc) is 2.65. The summed E-state index contributed by atoms with van der Waals surface area (Å²) in [6.45, 7) is 5.79. The Hall–Kier alpha value is -0.570. The molecule has 6 nitrogen and oxygen atoms in total. The molecule has 2 fully saturated rings. The van der Waals surface area contributed by atoms with Gasteiger partial charge in [0.1, 0.15) is 0 Å². The highest BCUT2D eigenvalue weighted by Crippen LogP contribution is 2.23. The molecule has 1 heterocycles. The van der Waals surface area contributed by atoms with Crippen LogP contribution in [0.25, 0.3) is 0 Å². The number of carbonyl (C=O) groups is 1.